The van der Waals surface area contributed by atoms with Gasteiger partial charge in [-0.3, -0.25) is 9.59 Å². The number of aromatic amines is 1. The van der Waals surface area contributed by atoms with E-state index in [1.165, 1.54) is 29.1 Å². The lowest BCUT2D eigenvalue weighted by atomic mass is 10.2. The van der Waals surface area contributed by atoms with Gasteiger partial charge in [0.1, 0.15) is 11.4 Å². The number of amides is 1. The van der Waals surface area contributed by atoms with E-state index in [-0.39, 0.29) is 22.6 Å². The zero-order chi connectivity index (χ0) is 17.3. The highest BCUT2D eigenvalue weighted by Crippen LogP contribution is 2.16. The molecular weight excluding hydrogens is 311 g/mol. The Kier molecular flexibility index (Phi) is 3.99. The molecule has 24 heavy (non-hydrogen) atoms. The van der Waals surface area contributed by atoms with Gasteiger partial charge in [0, 0.05) is 29.7 Å². The van der Waals surface area contributed by atoms with Gasteiger partial charge in [-0.1, -0.05) is 6.07 Å². The SMILES string of the molecule is Cc1cc(=O)c(C(=O)Nc2cc(C)n(-c3cccc(F)c3)n2)c[nH]1. The van der Waals surface area contributed by atoms with Crippen LogP contribution < -0.4 is 10.7 Å². The average Bonchev–Trinajstić information content (AvgIpc) is 2.87. The molecule has 0 aliphatic carbocycles. The Morgan fingerprint density at radius 2 is 2.04 bits per heavy atom. The number of benzene rings is 1. The van der Waals surface area contributed by atoms with Crippen LogP contribution in [0.25, 0.3) is 5.69 Å². The fourth-order valence-electron chi connectivity index (χ4n) is 2.34. The van der Waals surface area contributed by atoms with Crippen molar-refractivity contribution in [2.75, 3.05) is 5.32 Å². The van der Waals surface area contributed by atoms with Gasteiger partial charge in [-0.2, -0.15) is 0 Å². The van der Waals surface area contributed by atoms with Crippen molar-refractivity contribution in [2.24, 2.45) is 0 Å². The number of rotatable bonds is 3. The predicted octanol–water partition coefficient (Wildman–Crippen LogP) is 2.57. The maximum atomic E-state index is 13.4. The Bertz CT molecular complexity index is 975. The largest absolute Gasteiger partial charge is 0.364 e. The fraction of sp³-hybridized carbons (Fsp3) is 0.118. The molecule has 3 rings (SSSR count). The third-order valence-corrected chi connectivity index (χ3v) is 3.48. The summed E-state index contributed by atoms with van der Waals surface area (Å²) in [5.41, 5.74) is 1.56. The zero-order valence-corrected chi connectivity index (χ0v) is 13.1. The Morgan fingerprint density at radius 1 is 1.25 bits per heavy atom. The Morgan fingerprint density at radius 3 is 2.75 bits per heavy atom. The number of H-pyrrole nitrogens is 1. The maximum Gasteiger partial charge on any atom is 0.262 e. The van der Waals surface area contributed by atoms with Crippen LogP contribution in [0, 0.1) is 19.7 Å². The molecule has 3 aromatic rings. The van der Waals surface area contributed by atoms with E-state index in [0.717, 1.165) is 0 Å². The van der Waals surface area contributed by atoms with Gasteiger partial charge in [0.25, 0.3) is 5.91 Å². The van der Waals surface area contributed by atoms with Crippen LogP contribution in [-0.4, -0.2) is 20.7 Å². The van der Waals surface area contributed by atoms with Crippen LogP contribution in [0.4, 0.5) is 10.2 Å². The minimum absolute atomic E-state index is 0.00133. The number of nitrogens with zero attached hydrogens (tertiary/aromatic N) is 2. The second kappa shape index (κ2) is 6.11. The Balaban J connectivity index is 1.88. The van der Waals surface area contributed by atoms with Crippen molar-refractivity contribution in [1.82, 2.24) is 14.8 Å². The highest BCUT2D eigenvalue weighted by atomic mass is 19.1. The zero-order valence-electron chi connectivity index (χ0n) is 13.1. The van der Waals surface area contributed by atoms with Crippen molar-refractivity contribution in [3.8, 4) is 5.69 Å². The summed E-state index contributed by atoms with van der Waals surface area (Å²) in [6, 6.07) is 8.97. The normalized spacial score (nSPS) is 10.6. The molecule has 0 aliphatic rings. The summed E-state index contributed by atoms with van der Waals surface area (Å²) >= 11 is 0. The van der Waals surface area contributed by atoms with Crippen LogP contribution in [0.1, 0.15) is 21.7 Å². The van der Waals surface area contributed by atoms with E-state index in [1.54, 1.807) is 32.0 Å². The summed E-state index contributed by atoms with van der Waals surface area (Å²) in [6.07, 6.45) is 1.36. The van der Waals surface area contributed by atoms with Crippen molar-refractivity contribution in [3.63, 3.8) is 0 Å². The van der Waals surface area contributed by atoms with Crippen LogP contribution in [0.15, 0.2) is 47.4 Å². The minimum Gasteiger partial charge on any atom is -0.364 e. The number of hydrogen-bond acceptors (Lipinski definition) is 3. The number of hydrogen-bond donors (Lipinski definition) is 2. The first kappa shape index (κ1) is 15.7. The van der Waals surface area contributed by atoms with Gasteiger partial charge in [0.05, 0.1) is 5.69 Å². The average molecular weight is 326 g/mol. The first-order chi connectivity index (χ1) is 11.4. The third kappa shape index (κ3) is 3.10. The fourth-order valence-corrected chi connectivity index (χ4v) is 2.34. The Hall–Kier alpha value is -3.22. The molecular formula is C17H15FN4O2. The molecule has 0 radical (unpaired) electrons. The first-order valence-electron chi connectivity index (χ1n) is 7.27. The molecule has 0 saturated carbocycles. The van der Waals surface area contributed by atoms with Crippen molar-refractivity contribution < 1.29 is 9.18 Å². The van der Waals surface area contributed by atoms with Crippen LogP contribution in [0.5, 0.6) is 0 Å². The van der Waals surface area contributed by atoms with Gasteiger partial charge >= 0.3 is 0 Å². The van der Waals surface area contributed by atoms with Gasteiger partial charge in [0.2, 0.25) is 0 Å². The monoisotopic (exact) mass is 326 g/mol. The predicted molar refractivity (Wildman–Crippen MR) is 88.0 cm³/mol. The van der Waals surface area contributed by atoms with E-state index in [1.807, 2.05) is 0 Å². The molecule has 0 saturated heterocycles. The molecule has 122 valence electrons. The van der Waals surface area contributed by atoms with Crippen LogP contribution in [0.2, 0.25) is 0 Å². The van der Waals surface area contributed by atoms with Gasteiger partial charge in [-0.05, 0) is 32.0 Å². The van der Waals surface area contributed by atoms with E-state index in [0.29, 0.717) is 17.1 Å². The number of aryl methyl sites for hydroxylation is 2. The molecule has 0 unspecified atom stereocenters. The molecule has 1 aromatic carbocycles. The highest BCUT2D eigenvalue weighted by molar-refractivity contribution is 6.03. The highest BCUT2D eigenvalue weighted by Gasteiger charge is 2.14. The molecule has 0 bridgehead atoms. The first-order valence-corrected chi connectivity index (χ1v) is 7.27. The number of aromatic nitrogens is 3. The Labute approximate surface area is 137 Å². The number of carbonyl (C=O) groups is 1. The molecule has 0 spiro atoms. The smallest absolute Gasteiger partial charge is 0.262 e. The molecule has 6 nitrogen and oxygen atoms in total. The second-order valence-electron chi connectivity index (χ2n) is 5.41. The van der Waals surface area contributed by atoms with Gasteiger partial charge < -0.3 is 10.3 Å². The molecule has 0 fully saturated rings. The van der Waals surface area contributed by atoms with Gasteiger partial charge in [-0.25, -0.2) is 9.07 Å². The van der Waals surface area contributed by atoms with Crippen molar-refractivity contribution in [1.29, 1.82) is 0 Å². The lowest BCUT2D eigenvalue weighted by molar-refractivity contribution is 0.102. The number of nitrogens with one attached hydrogen (secondary N) is 2. The summed E-state index contributed by atoms with van der Waals surface area (Å²) in [5, 5.41) is 6.82. The molecule has 2 aromatic heterocycles. The van der Waals surface area contributed by atoms with E-state index in [4.69, 9.17) is 0 Å². The molecule has 1 amide bonds. The van der Waals surface area contributed by atoms with E-state index < -0.39 is 5.91 Å². The standard InChI is InChI=1S/C17H15FN4O2/c1-10-6-15(23)14(9-19-10)17(24)20-16-7-11(2)22(21-16)13-5-3-4-12(18)8-13/h3-9H,1-2H3,(H,19,23)(H,20,21,24). The van der Waals surface area contributed by atoms with E-state index in [9.17, 15) is 14.0 Å². The third-order valence-electron chi connectivity index (χ3n) is 3.48. The quantitative estimate of drug-likeness (QED) is 0.776. The number of pyridine rings is 1. The van der Waals surface area contributed by atoms with E-state index >= 15 is 0 Å². The lowest BCUT2D eigenvalue weighted by Crippen LogP contribution is -2.21. The number of halogens is 1. The molecule has 2 heterocycles. The summed E-state index contributed by atoms with van der Waals surface area (Å²) < 4.78 is 14.9. The van der Waals surface area contributed by atoms with E-state index in [2.05, 4.69) is 15.4 Å². The molecule has 7 heteroatoms. The van der Waals surface area contributed by atoms with Crippen LogP contribution in [-0.2, 0) is 0 Å². The second-order valence-corrected chi connectivity index (χ2v) is 5.41. The lowest BCUT2D eigenvalue weighted by Gasteiger charge is -2.04. The summed E-state index contributed by atoms with van der Waals surface area (Å²) in [4.78, 5) is 26.9. The summed E-state index contributed by atoms with van der Waals surface area (Å²) in [5.74, 6) is -0.652. The van der Waals surface area contributed by atoms with Crippen molar-refractivity contribution >= 4 is 11.7 Å². The van der Waals surface area contributed by atoms with Gasteiger partial charge in [-0.15, -0.1) is 5.10 Å². The number of carbonyl (C=O) groups excluding carboxylic acids is 1. The minimum atomic E-state index is -0.555. The number of anilines is 1. The van der Waals surface area contributed by atoms with Crippen LogP contribution >= 0.6 is 0 Å². The topological polar surface area (TPSA) is 79.8 Å². The summed E-state index contributed by atoms with van der Waals surface area (Å²) in [7, 11) is 0. The molecule has 2 N–H and O–H groups in total. The molecule has 0 atom stereocenters. The van der Waals surface area contributed by atoms with Crippen molar-refractivity contribution in [2.45, 2.75) is 13.8 Å². The van der Waals surface area contributed by atoms with Crippen molar-refractivity contribution in [3.05, 3.63) is 75.6 Å². The molecule has 0 aliphatic heterocycles. The summed E-state index contributed by atoms with van der Waals surface area (Å²) in [6.45, 7) is 3.51. The van der Waals surface area contributed by atoms with Gasteiger partial charge in [0.15, 0.2) is 11.2 Å². The van der Waals surface area contributed by atoms with Crippen LogP contribution in [0.3, 0.4) is 0 Å². The maximum absolute atomic E-state index is 13.4.